The zero-order valence-electron chi connectivity index (χ0n) is 33.8. The number of carbonyl (C=O) groups excluding carboxylic acids is 4. The molecule has 2 heterocycles. The number of nitrogens with two attached hydrogens (primary N) is 1. The first-order valence-corrected chi connectivity index (χ1v) is 20.4. The molecule has 2 amide bonds. The Bertz CT molecular complexity index is 2500. The first-order chi connectivity index (χ1) is 30.6. The third-order valence-corrected chi connectivity index (χ3v) is 10.6. The zero-order chi connectivity index (χ0) is 50.8. The number of nitrogens with zero attached hydrogens (tertiary/aromatic N) is 2. The van der Waals surface area contributed by atoms with Gasteiger partial charge in [0.25, 0.3) is 11.2 Å². The summed E-state index contributed by atoms with van der Waals surface area (Å²) >= 11 is 27.9. The lowest BCUT2D eigenvalue weighted by atomic mass is 9.92. The maximum atomic E-state index is 14.1. The minimum atomic E-state index is -5.14. The van der Waals surface area contributed by atoms with Crippen LogP contribution in [0.25, 0.3) is 0 Å². The van der Waals surface area contributed by atoms with E-state index in [1.165, 1.54) is 26.0 Å². The van der Waals surface area contributed by atoms with Gasteiger partial charge < -0.3 is 20.0 Å². The van der Waals surface area contributed by atoms with E-state index in [0.29, 0.717) is 21.9 Å². The van der Waals surface area contributed by atoms with E-state index in [9.17, 15) is 71.9 Å². The Kier molecular flexibility index (Phi) is 16.8. The largest absolute Gasteiger partial charge is 0.434 e. The van der Waals surface area contributed by atoms with Crippen molar-refractivity contribution in [2.45, 2.75) is 69.1 Å². The van der Waals surface area contributed by atoms with E-state index in [1.807, 2.05) is 0 Å². The molecule has 0 aliphatic carbocycles. The molecule has 2 aliphatic heterocycles. The number of aryl methyl sites for hydroxylation is 1. The molecular formula is C41H30Cl5F12N3O6. The van der Waals surface area contributed by atoms with Gasteiger partial charge >= 0.3 is 36.9 Å². The lowest BCUT2D eigenvalue weighted by Crippen LogP contribution is -2.46. The highest BCUT2D eigenvalue weighted by atomic mass is 35.5. The highest BCUT2D eigenvalue weighted by molar-refractivity contribution is 6.62. The van der Waals surface area contributed by atoms with Gasteiger partial charge in [-0.05, 0) is 96.7 Å². The summed E-state index contributed by atoms with van der Waals surface area (Å²) in [4.78, 5) is 46.1. The molecule has 4 aromatic carbocycles. The monoisotopic (exact) mass is 1060 g/mol. The van der Waals surface area contributed by atoms with Gasteiger partial charge in [0.1, 0.15) is 5.78 Å². The van der Waals surface area contributed by atoms with Gasteiger partial charge in [-0.25, -0.2) is 9.59 Å². The number of rotatable bonds is 8. The number of hydrogen-bond donors (Lipinski definition) is 1. The molecule has 67 heavy (non-hydrogen) atoms. The highest BCUT2D eigenvalue weighted by Crippen LogP contribution is 2.51. The molecule has 2 saturated heterocycles. The van der Waals surface area contributed by atoms with Crippen molar-refractivity contribution in [3.63, 3.8) is 0 Å². The molecule has 6 rings (SSSR count). The highest BCUT2D eigenvalue weighted by Gasteiger charge is 2.66. The van der Waals surface area contributed by atoms with Crippen molar-refractivity contribution in [3.8, 4) is 0 Å². The van der Waals surface area contributed by atoms with Crippen LogP contribution in [0.15, 0.2) is 72.8 Å². The Morgan fingerprint density at radius 2 is 0.925 bits per heavy atom. The predicted octanol–water partition coefficient (Wildman–Crippen LogP) is 13.6. The molecule has 0 radical (unpaired) electrons. The molecule has 4 aromatic rings. The zero-order valence-corrected chi connectivity index (χ0v) is 37.6. The number of anilines is 2. The Morgan fingerprint density at radius 3 is 1.22 bits per heavy atom. The van der Waals surface area contributed by atoms with Crippen molar-refractivity contribution >= 4 is 92.6 Å². The topological polar surface area (TPSA) is 119 Å². The molecule has 2 fully saturated rings. The summed E-state index contributed by atoms with van der Waals surface area (Å²) in [5.41, 5.74) is -5.90. The number of hydrogen-bond acceptors (Lipinski definition) is 7. The van der Waals surface area contributed by atoms with Crippen LogP contribution in [0.1, 0.15) is 53.6 Å². The average molecular weight is 1070 g/mol. The maximum Gasteiger partial charge on any atom is 0.434 e. The number of amides is 2. The van der Waals surface area contributed by atoms with Crippen LogP contribution in [0.5, 0.6) is 0 Å². The number of Topliss-reactive ketones (excluding diaryl/α,β-unsaturated/α-hetero) is 1. The van der Waals surface area contributed by atoms with Crippen LogP contribution in [-0.4, -0.2) is 48.7 Å². The molecule has 0 aromatic heterocycles. The average Bonchev–Trinajstić information content (AvgIpc) is 3.74. The minimum Gasteiger partial charge on any atom is -0.426 e. The van der Waals surface area contributed by atoms with Crippen LogP contribution in [0.2, 0.25) is 20.1 Å². The smallest absolute Gasteiger partial charge is 0.426 e. The second kappa shape index (κ2) is 20.5. The molecule has 0 bridgehead atoms. The first-order valence-electron chi connectivity index (χ1n) is 18.5. The summed E-state index contributed by atoms with van der Waals surface area (Å²) in [6.07, 6.45) is -23.3. The van der Waals surface area contributed by atoms with E-state index in [0.717, 1.165) is 48.5 Å². The molecule has 26 heteroatoms. The number of alkyl halides is 12. The van der Waals surface area contributed by atoms with Crippen LogP contribution >= 0.6 is 58.0 Å². The third kappa shape index (κ3) is 12.7. The summed E-state index contributed by atoms with van der Waals surface area (Å²) in [5.74, 6) is -0.328. The number of cyclic esters (lactones) is 2. The van der Waals surface area contributed by atoms with Gasteiger partial charge in [0.15, 0.2) is 0 Å². The Morgan fingerprint density at radius 1 is 0.597 bits per heavy atom. The number of carbonyl (C=O) groups is 4. The molecule has 2 atom stereocenters. The summed E-state index contributed by atoms with van der Waals surface area (Å²) in [5, 5.41) is -0.931. The fraction of sp³-hybridized carbons (Fsp3) is 0.317. The molecule has 2 unspecified atom stereocenters. The van der Waals surface area contributed by atoms with E-state index in [1.54, 1.807) is 0 Å². The second-order valence-electron chi connectivity index (χ2n) is 14.4. The Hall–Kier alpha value is -4.67. The normalized spacial score (nSPS) is 18.7. The van der Waals surface area contributed by atoms with Crippen LogP contribution in [-0.2, 0) is 55.6 Å². The predicted molar refractivity (Wildman–Crippen MR) is 222 cm³/mol. The number of halogens is 17. The summed E-state index contributed by atoms with van der Waals surface area (Å²) in [7, 11) is 0. The van der Waals surface area contributed by atoms with Crippen molar-refractivity contribution in [3.05, 3.63) is 126 Å². The lowest BCUT2D eigenvalue weighted by molar-refractivity contribution is -0.250. The molecule has 2 N–H and O–H groups in total. The van der Waals surface area contributed by atoms with Crippen LogP contribution in [0.3, 0.4) is 0 Å². The Balaban J connectivity index is 0.000000272. The van der Waals surface area contributed by atoms with Gasteiger partial charge in [0.2, 0.25) is 5.24 Å². The van der Waals surface area contributed by atoms with Crippen LogP contribution in [0.4, 0.5) is 73.6 Å². The summed E-state index contributed by atoms with van der Waals surface area (Å²) in [6.45, 7) is -0.226. The van der Waals surface area contributed by atoms with Crippen molar-refractivity contribution in [2.24, 2.45) is 5.73 Å². The van der Waals surface area contributed by atoms with Crippen LogP contribution in [0, 0.1) is 0 Å². The number of benzene rings is 4. The van der Waals surface area contributed by atoms with E-state index in [-0.39, 0.29) is 55.1 Å². The number of ketones is 1. The first kappa shape index (κ1) is 54.9. The van der Waals surface area contributed by atoms with Crippen molar-refractivity contribution in [2.75, 3.05) is 22.9 Å². The molecule has 2 aliphatic rings. The third-order valence-electron chi connectivity index (χ3n) is 9.69. The molecular weight excluding hydrogens is 1040 g/mol. The molecule has 0 saturated carbocycles. The quantitative estimate of drug-likeness (QED) is 0.138. The second-order valence-corrected chi connectivity index (χ2v) is 16.7. The van der Waals surface area contributed by atoms with E-state index >= 15 is 0 Å². The van der Waals surface area contributed by atoms with Gasteiger partial charge in [-0.1, -0.05) is 58.5 Å². The fourth-order valence-electron chi connectivity index (χ4n) is 6.64. The van der Waals surface area contributed by atoms with Gasteiger partial charge in [0.05, 0.1) is 24.2 Å². The van der Waals surface area contributed by atoms with Crippen LogP contribution < -0.4 is 15.5 Å². The van der Waals surface area contributed by atoms with E-state index in [4.69, 9.17) is 61.6 Å². The van der Waals surface area contributed by atoms with Gasteiger partial charge in [-0.15, -0.1) is 0 Å². The van der Waals surface area contributed by atoms with Gasteiger partial charge in [-0.3, -0.25) is 14.6 Å². The van der Waals surface area contributed by atoms with Gasteiger partial charge in [-0.2, -0.15) is 52.7 Å². The van der Waals surface area contributed by atoms with Gasteiger partial charge in [0, 0.05) is 62.5 Å². The summed E-state index contributed by atoms with van der Waals surface area (Å²) < 4.78 is 175. The minimum absolute atomic E-state index is 0.137. The maximum absolute atomic E-state index is 14.1. The lowest BCUT2D eigenvalue weighted by Gasteiger charge is -2.30. The van der Waals surface area contributed by atoms with Crippen molar-refractivity contribution < 1.29 is 81.3 Å². The van der Waals surface area contributed by atoms with E-state index in [2.05, 4.69) is 11.6 Å². The molecule has 364 valence electrons. The molecule has 9 nitrogen and oxygen atoms in total. The number of ether oxygens (including phenoxy) is 2. The summed E-state index contributed by atoms with van der Waals surface area (Å²) in [6, 6.07) is 11.3. The SMILES string of the molecule is CC(=O)CCc1ccc(N2CC(c3cc(Cl)cc(Cl)c3)(C(F)(F)F)OC2=O)cc1C(F)(F)F.CC(=O)Cl.NCc1ccc(N2CC(c3cc(Cl)cc(Cl)c3)(C(F)(F)F)OC2=O)cc1C(F)(F)F. The van der Waals surface area contributed by atoms with E-state index < -0.39 is 101 Å². The molecule has 0 spiro atoms. The van der Waals surface area contributed by atoms with Crippen molar-refractivity contribution in [1.29, 1.82) is 0 Å². The standard InChI is InChI=1S/C21H15Cl2F6NO3.C18H12Cl2F6N2O2.C2H3ClO/c1-11(31)2-3-12-4-5-16(9-17(12)20(24,25)26)30-10-19(21(27,28)29,33-18(30)32)13-6-14(22)8-15(23)7-13;19-11-3-10(4-12(20)5-11)16(18(24,25)26)8-28(15(29)30-16)13-2-1-9(7-27)14(6-13)17(21,22)23;1-2(3)4/h4-9H,2-3,10H2,1H3;1-6H,7-8,27H2;1H3. The fourth-order valence-corrected chi connectivity index (χ4v) is 7.69. The van der Waals surface area contributed by atoms with Crippen molar-refractivity contribution in [1.82, 2.24) is 0 Å². The Labute approximate surface area is 396 Å².